The Bertz CT molecular complexity index is 453. The summed E-state index contributed by atoms with van der Waals surface area (Å²) in [5.74, 6) is 0.644. The number of thiocarbonyl (C=S) groups is 1. The van der Waals surface area contributed by atoms with Crippen LogP contribution in [0.1, 0.15) is 37.7 Å². The molecule has 4 heteroatoms. The van der Waals surface area contributed by atoms with Crippen molar-refractivity contribution in [1.29, 1.82) is 0 Å². The van der Waals surface area contributed by atoms with Crippen molar-refractivity contribution in [3.8, 4) is 0 Å². The molecule has 0 saturated heterocycles. The van der Waals surface area contributed by atoms with Gasteiger partial charge in [-0.2, -0.15) is 0 Å². The highest BCUT2D eigenvalue weighted by Gasteiger charge is 2.18. The van der Waals surface area contributed by atoms with Gasteiger partial charge < -0.3 is 11.1 Å². The van der Waals surface area contributed by atoms with Gasteiger partial charge >= 0.3 is 0 Å². The first-order chi connectivity index (χ1) is 8.65. The number of hydrogen-bond acceptors (Lipinski definition) is 2. The van der Waals surface area contributed by atoms with E-state index in [1.54, 1.807) is 0 Å². The van der Waals surface area contributed by atoms with Crippen molar-refractivity contribution in [2.45, 2.75) is 32.1 Å². The minimum atomic E-state index is 0.0852. The fourth-order valence-electron chi connectivity index (χ4n) is 2.44. The van der Waals surface area contributed by atoms with E-state index in [0.29, 0.717) is 17.3 Å². The van der Waals surface area contributed by atoms with Gasteiger partial charge in [-0.05, 0) is 30.9 Å². The molecule has 1 aliphatic carbocycles. The lowest BCUT2D eigenvalue weighted by atomic mass is 10.0. The summed E-state index contributed by atoms with van der Waals surface area (Å²) in [6.45, 7) is 0. The van der Waals surface area contributed by atoms with Gasteiger partial charge in [0.25, 0.3) is 0 Å². The van der Waals surface area contributed by atoms with Crippen LogP contribution in [0.2, 0.25) is 0 Å². The van der Waals surface area contributed by atoms with Gasteiger partial charge in [0.2, 0.25) is 5.91 Å². The Labute approximate surface area is 113 Å². The zero-order valence-corrected chi connectivity index (χ0v) is 11.1. The van der Waals surface area contributed by atoms with Crippen molar-refractivity contribution in [1.82, 2.24) is 0 Å². The molecule has 1 aromatic rings. The number of benzene rings is 1. The third kappa shape index (κ3) is 3.53. The van der Waals surface area contributed by atoms with Crippen LogP contribution in [-0.4, -0.2) is 10.9 Å². The second kappa shape index (κ2) is 5.96. The van der Waals surface area contributed by atoms with Crippen molar-refractivity contribution in [2.75, 3.05) is 5.32 Å². The van der Waals surface area contributed by atoms with Crippen LogP contribution in [-0.2, 0) is 4.79 Å². The van der Waals surface area contributed by atoms with Crippen LogP contribution < -0.4 is 11.1 Å². The summed E-state index contributed by atoms with van der Waals surface area (Å²) in [6, 6.07) is 7.36. The van der Waals surface area contributed by atoms with Crippen LogP contribution in [0, 0.1) is 5.92 Å². The molecule has 18 heavy (non-hydrogen) atoms. The van der Waals surface area contributed by atoms with Crippen molar-refractivity contribution in [3.05, 3.63) is 29.8 Å². The van der Waals surface area contributed by atoms with E-state index in [4.69, 9.17) is 18.0 Å². The zero-order chi connectivity index (χ0) is 13.0. The van der Waals surface area contributed by atoms with E-state index in [0.717, 1.165) is 11.3 Å². The maximum Gasteiger partial charge on any atom is 0.224 e. The van der Waals surface area contributed by atoms with Crippen LogP contribution in [0.15, 0.2) is 24.3 Å². The lowest BCUT2D eigenvalue weighted by molar-refractivity contribution is -0.117. The zero-order valence-electron chi connectivity index (χ0n) is 10.3. The highest BCUT2D eigenvalue weighted by atomic mass is 32.1. The average Bonchev–Trinajstić information content (AvgIpc) is 2.82. The molecule has 0 heterocycles. The van der Waals surface area contributed by atoms with Crippen molar-refractivity contribution in [3.63, 3.8) is 0 Å². The van der Waals surface area contributed by atoms with Gasteiger partial charge in [-0.3, -0.25) is 4.79 Å². The van der Waals surface area contributed by atoms with Gasteiger partial charge in [-0.1, -0.05) is 37.2 Å². The molecule has 1 aliphatic rings. The van der Waals surface area contributed by atoms with Crippen molar-refractivity contribution in [2.24, 2.45) is 11.7 Å². The molecule has 0 bridgehead atoms. The average molecular weight is 262 g/mol. The number of hydrogen-bond donors (Lipinski definition) is 2. The van der Waals surface area contributed by atoms with E-state index in [2.05, 4.69) is 5.32 Å². The highest BCUT2D eigenvalue weighted by molar-refractivity contribution is 7.80. The molecule has 0 aliphatic heterocycles. The molecule has 96 valence electrons. The second-order valence-corrected chi connectivity index (χ2v) is 5.29. The van der Waals surface area contributed by atoms with Gasteiger partial charge in [0, 0.05) is 17.7 Å². The van der Waals surface area contributed by atoms with Gasteiger partial charge in [-0.25, -0.2) is 0 Å². The molecule has 3 nitrogen and oxygen atoms in total. The maximum absolute atomic E-state index is 11.9. The molecular weight excluding hydrogens is 244 g/mol. The van der Waals surface area contributed by atoms with Crippen LogP contribution in [0.3, 0.4) is 0 Å². The second-order valence-electron chi connectivity index (χ2n) is 4.85. The Morgan fingerprint density at radius 1 is 1.39 bits per heavy atom. The summed E-state index contributed by atoms with van der Waals surface area (Å²) in [4.78, 5) is 12.2. The number of rotatable bonds is 4. The molecule has 2 rings (SSSR count). The van der Waals surface area contributed by atoms with Gasteiger partial charge in [0.1, 0.15) is 4.99 Å². The van der Waals surface area contributed by atoms with Crippen molar-refractivity contribution < 1.29 is 4.79 Å². The molecule has 0 aromatic heterocycles. The molecule has 1 aromatic carbocycles. The monoisotopic (exact) mass is 262 g/mol. The molecular formula is C14H18N2OS. The van der Waals surface area contributed by atoms with Crippen LogP contribution in [0.25, 0.3) is 0 Å². The van der Waals surface area contributed by atoms with E-state index < -0.39 is 0 Å². The molecule has 0 spiro atoms. The number of nitrogens with two attached hydrogens (primary N) is 1. The van der Waals surface area contributed by atoms with Crippen LogP contribution in [0.4, 0.5) is 5.69 Å². The van der Waals surface area contributed by atoms with Crippen LogP contribution >= 0.6 is 12.2 Å². The number of carbonyl (C=O) groups is 1. The summed E-state index contributed by atoms with van der Waals surface area (Å²) in [6.07, 6.45) is 5.50. The Kier molecular flexibility index (Phi) is 4.31. The fourth-order valence-corrected chi connectivity index (χ4v) is 2.57. The number of nitrogens with one attached hydrogen (secondary N) is 1. The minimum Gasteiger partial charge on any atom is -0.389 e. The molecule has 1 amide bonds. The first kappa shape index (κ1) is 13.0. The summed E-state index contributed by atoms with van der Waals surface area (Å²) in [7, 11) is 0. The highest BCUT2D eigenvalue weighted by Crippen LogP contribution is 2.27. The number of anilines is 1. The van der Waals surface area contributed by atoms with E-state index in [1.165, 1.54) is 25.7 Å². The predicted octanol–water partition coefficient (Wildman–Crippen LogP) is 2.84. The predicted molar refractivity (Wildman–Crippen MR) is 77.5 cm³/mol. The number of amides is 1. The fraction of sp³-hybridized carbons (Fsp3) is 0.429. The topological polar surface area (TPSA) is 55.1 Å². The molecule has 0 atom stereocenters. The van der Waals surface area contributed by atoms with Gasteiger partial charge in [0.15, 0.2) is 0 Å². The SMILES string of the molecule is NC(=S)c1cccc(NC(=O)CC2CCCC2)c1. The largest absolute Gasteiger partial charge is 0.389 e. The lowest BCUT2D eigenvalue weighted by Crippen LogP contribution is -2.16. The third-order valence-corrected chi connectivity index (χ3v) is 3.62. The molecule has 3 N–H and O–H groups in total. The first-order valence-electron chi connectivity index (χ1n) is 6.35. The Balaban J connectivity index is 1.93. The standard InChI is InChI=1S/C14H18N2OS/c15-14(18)11-6-3-7-12(9-11)16-13(17)8-10-4-1-2-5-10/h3,6-7,9-10H,1-2,4-5,8H2,(H2,15,18)(H,16,17). The molecule has 1 saturated carbocycles. The van der Waals surface area contributed by atoms with E-state index in [9.17, 15) is 4.79 Å². The maximum atomic E-state index is 11.9. The summed E-state index contributed by atoms with van der Waals surface area (Å²) < 4.78 is 0. The van der Waals surface area contributed by atoms with E-state index in [1.807, 2.05) is 24.3 Å². The van der Waals surface area contributed by atoms with Gasteiger partial charge in [0.05, 0.1) is 0 Å². The quantitative estimate of drug-likeness (QED) is 0.820. The minimum absolute atomic E-state index is 0.0852. The third-order valence-electron chi connectivity index (χ3n) is 3.38. The summed E-state index contributed by atoms with van der Waals surface area (Å²) in [5.41, 5.74) is 7.11. The first-order valence-corrected chi connectivity index (χ1v) is 6.75. The van der Waals surface area contributed by atoms with Crippen molar-refractivity contribution >= 4 is 28.8 Å². The Hall–Kier alpha value is -1.42. The normalized spacial score (nSPS) is 15.6. The Morgan fingerprint density at radius 2 is 2.11 bits per heavy atom. The smallest absolute Gasteiger partial charge is 0.224 e. The summed E-state index contributed by atoms with van der Waals surface area (Å²) >= 11 is 4.92. The molecule has 0 radical (unpaired) electrons. The van der Waals surface area contributed by atoms with Gasteiger partial charge in [-0.15, -0.1) is 0 Å². The van der Waals surface area contributed by atoms with Crippen LogP contribution in [0.5, 0.6) is 0 Å². The summed E-state index contributed by atoms with van der Waals surface area (Å²) in [5, 5.41) is 2.91. The molecule has 0 unspecified atom stereocenters. The molecule has 1 fully saturated rings. The number of carbonyl (C=O) groups excluding carboxylic acids is 1. The Morgan fingerprint density at radius 3 is 2.78 bits per heavy atom. The van der Waals surface area contributed by atoms with E-state index >= 15 is 0 Å². The lowest BCUT2D eigenvalue weighted by Gasteiger charge is -2.10. The van der Waals surface area contributed by atoms with E-state index in [-0.39, 0.29) is 5.91 Å².